The third-order valence-electron chi connectivity index (χ3n) is 2.77. The Kier molecular flexibility index (Phi) is 3.44. The van der Waals surface area contributed by atoms with Crippen LogP contribution < -0.4 is 4.72 Å². The van der Waals surface area contributed by atoms with Crippen LogP contribution in [0.5, 0.6) is 0 Å². The van der Waals surface area contributed by atoms with Crippen LogP contribution in [0.4, 0.5) is 0 Å². The van der Waals surface area contributed by atoms with Crippen LogP contribution in [0, 0.1) is 0 Å². The number of nitrogens with one attached hydrogen (secondary N) is 1. The predicted molar refractivity (Wildman–Crippen MR) is 68.7 cm³/mol. The average Bonchev–Trinajstić information content (AvgIpc) is 2.53. The first-order valence-electron chi connectivity index (χ1n) is 5.19. The summed E-state index contributed by atoms with van der Waals surface area (Å²) in [4.78, 5) is 0.0444. The van der Waals surface area contributed by atoms with Gasteiger partial charge in [-0.3, -0.25) is 0 Å². The molecule has 0 amide bonds. The van der Waals surface area contributed by atoms with Crippen LogP contribution in [-0.2, 0) is 31.9 Å². The zero-order chi connectivity index (χ0) is 13.6. The molecular weight excluding hydrogens is 298 g/mol. The highest BCUT2D eigenvalue weighted by atomic mass is 35.7. The number of sulfonamides is 1. The predicted octanol–water partition coefficient (Wildman–Crippen LogP) is 0.630. The Morgan fingerprint density at radius 1 is 1.17 bits per heavy atom. The molecule has 2 rings (SSSR count). The lowest BCUT2D eigenvalue weighted by molar-refractivity contribution is 0.561. The van der Waals surface area contributed by atoms with E-state index in [0.717, 1.165) is 17.4 Å². The Morgan fingerprint density at radius 3 is 2.33 bits per heavy atom. The molecule has 0 fully saturated rings. The lowest BCUT2D eigenvalue weighted by atomic mass is 10.1. The fraction of sp³-hybridized carbons (Fsp3) is 0.400. The van der Waals surface area contributed by atoms with E-state index in [9.17, 15) is 16.8 Å². The highest BCUT2D eigenvalue weighted by Crippen LogP contribution is 2.26. The van der Waals surface area contributed by atoms with Crippen molar-refractivity contribution >= 4 is 29.8 Å². The molecule has 0 bridgehead atoms. The number of rotatable bonds is 3. The maximum absolute atomic E-state index is 11.2. The van der Waals surface area contributed by atoms with Crippen LogP contribution in [0.15, 0.2) is 23.1 Å². The van der Waals surface area contributed by atoms with Gasteiger partial charge in [0.25, 0.3) is 9.05 Å². The van der Waals surface area contributed by atoms with Gasteiger partial charge in [0.2, 0.25) is 10.0 Å². The van der Waals surface area contributed by atoms with E-state index in [1.165, 1.54) is 12.1 Å². The minimum atomic E-state index is -3.74. The van der Waals surface area contributed by atoms with Crippen molar-refractivity contribution in [1.29, 1.82) is 0 Å². The molecule has 0 spiro atoms. The van der Waals surface area contributed by atoms with Gasteiger partial charge in [-0.25, -0.2) is 21.6 Å². The highest BCUT2D eigenvalue weighted by molar-refractivity contribution is 8.13. The summed E-state index contributed by atoms with van der Waals surface area (Å²) in [5.41, 5.74) is 1.76. The van der Waals surface area contributed by atoms with E-state index in [-0.39, 0.29) is 10.9 Å². The minimum absolute atomic E-state index is 0.0444. The van der Waals surface area contributed by atoms with Gasteiger partial charge in [0.15, 0.2) is 0 Å². The van der Waals surface area contributed by atoms with Gasteiger partial charge in [-0.1, -0.05) is 6.07 Å². The molecule has 0 saturated heterocycles. The smallest absolute Gasteiger partial charge is 0.213 e. The van der Waals surface area contributed by atoms with Crippen LogP contribution >= 0.6 is 10.7 Å². The molecule has 1 unspecified atom stereocenters. The first kappa shape index (κ1) is 13.8. The topological polar surface area (TPSA) is 80.3 Å². The maximum atomic E-state index is 11.2. The molecule has 1 aromatic rings. The monoisotopic (exact) mass is 309 g/mol. The lowest BCUT2D eigenvalue weighted by Crippen LogP contribution is -2.34. The second-order valence-corrected chi connectivity index (χ2v) is 8.71. The van der Waals surface area contributed by atoms with Crippen molar-refractivity contribution in [3.05, 3.63) is 29.3 Å². The Balaban J connectivity index is 2.26. The van der Waals surface area contributed by atoms with E-state index in [1.54, 1.807) is 6.07 Å². The van der Waals surface area contributed by atoms with Crippen molar-refractivity contribution in [1.82, 2.24) is 4.72 Å². The quantitative estimate of drug-likeness (QED) is 0.831. The number of benzene rings is 1. The summed E-state index contributed by atoms with van der Waals surface area (Å²) in [6, 6.07) is 4.39. The Bertz CT molecular complexity index is 682. The molecule has 100 valence electrons. The fourth-order valence-corrected chi connectivity index (χ4v) is 3.71. The van der Waals surface area contributed by atoms with Crippen LogP contribution in [0.2, 0.25) is 0 Å². The number of halogens is 1. The van der Waals surface area contributed by atoms with Gasteiger partial charge >= 0.3 is 0 Å². The Labute approximate surface area is 111 Å². The number of hydrogen-bond donors (Lipinski definition) is 1. The number of fused-ring (bicyclic) bond motifs is 1. The summed E-state index contributed by atoms with van der Waals surface area (Å²) in [6.07, 6.45) is 2.14. The third-order valence-corrected chi connectivity index (χ3v) is 4.89. The standard InChI is InChI=1S/C10H12ClNO4S2/c1-17(13,14)12-9-4-7-2-3-10(18(11,15)16)6-8(7)5-9/h2-3,6,9,12H,4-5H2,1H3. The zero-order valence-electron chi connectivity index (χ0n) is 9.55. The van der Waals surface area contributed by atoms with Gasteiger partial charge in [-0.15, -0.1) is 0 Å². The van der Waals surface area contributed by atoms with Crippen LogP contribution in [-0.4, -0.2) is 29.1 Å². The molecule has 1 N–H and O–H groups in total. The van der Waals surface area contributed by atoms with Gasteiger partial charge in [0.1, 0.15) is 0 Å². The summed E-state index contributed by atoms with van der Waals surface area (Å²) in [5.74, 6) is 0. The normalized spacial score (nSPS) is 19.8. The molecule has 0 heterocycles. The van der Waals surface area contributed by atoms with Crippen LogP contribution in [0.1, 0.15) is 11.1 Å². The van der Waals surface area contributed by atoms with Crippen molar-refractivity contribution in [3.8, 4) is 0 Å². The van der Waals surface area contributed by atoms with Crippen LogP contribution in [0.25, 0.3) is 0 Å². The molecule has 8 heteroatoms. The molecule has 0 radical (unpaired) electrons. The molecule has 1 aliphatic rings. The second kappa shape index (κ2) is 4.48. The summed E-state index contributed by atoms with van der Waals surface area (Å²) in [7, 11) is -1.74. The van der Waals surface area contributed by atoms with Gasteiger partial charge in [-0.2, -0.15) is 0 Å². The lowest BCUT2D eigenvalue weighted by Gasteiger charge is -2.08. The van der Waals surface area contributed by atoms with Gasteiger partial charge < -0.3 is 0 Å². The molecule has 0 saturated carbocycles. The third kappa shape index (κ3) is 3.23. The molecule has 1 atom stereocenters. The van der Waals surface area contributed by atoms with E-state index in [0.29, 0.717) is 12.8 Å². The minimum Gasteiger partial charge on any atom is -0.213 e. The maximum Gasteiger partial charge on any atom is 0.261 e. The van der Waals surface area contributed by atoms with Gasteiger partial charge in [0, 0.05) is 16.7 Å². The van der Waals surface area contributed by atoms with E-state index >= 15 is 0 Å². The van der Waals surface area contributed by atoms with Crippen LogP contribution in [0.3, 0.4) is 0 Å². The zero-order valence-corrected chi connectivity index (χ0v) is 11.9. The van der Waals surface area contributed by atoms with E-state index in [2.05, 4.69) is 4.72 Å². The molecule has 0 aromatic heterocycles. The largest absolute Gasteiger partial charge is 0.261 e. The molecule has 1 aliphatic carbocycles. The Morgan fingerprint density at radius 2 is 1.78 bits per heavy atom. The van der Waals surface area contributed by atoms with Crippen molar-refractivity contribution in [2.24, 2.45) is 0 Å². The SMILES string of the molecule is CS(=O)(=O)NC1Cc2ccc(S(=O)(=O)Cl)cc2C1. The number of hydrogen-bond acceptors (Lipinski definition) is 4. The fourth-order valence-electron chi connectivity index (χ4n) is 2.13. The first-order valence-corrected chi connectivity index (χ1v) is 9.39. The molecule has 1 aromatic carbocycles. The first-order chi connectivity index (χ1) is 8.15. The average molecular weight is 310 g/mol. The summed E-state index contributed by atoms with van der Waals surface area (Å²) < 4.78 is 47.2. The van der Waals surface area contributed by atoms with E-state index in [4.69, 9.17) is 10.7 Å². The summed E-state index contributed by atoms with van der Waals surface area (Å²) in [5, 5.41) is 0. The second-order valence-electron chi connectivity index (χ2n) is 4.36. The van der Waals surface area contributed by atoms with Crippen molar-refractivity contribution < 1.29 is 16.8 Å². The highest BCUT2D eigenvalue weighted by Gasteiger charge is 2.25. The van der Waals surface area contributed by atoms with Crippen molar-refractivity contribution in [2.45, 2.75) is 23.8 Å². The molecule has 18 heavy (non-hydrogen) atoms. The van der Waals surface area contributed by atoms with Gasteiger partial charge in [-0.05, 0) is 36.1 Å². The van der Waals surface area contributed by atoms with Crippen molar-refractivity contribution in [2.75, 3.05) is 6.26 Å². The molecule has 5 nitrogen and oxygen atoms in total. The Hall–Kier alpha value is -0.630. The van der Waals surface area contributed by atoms with E-state index < -0.39 is 19.1 Å². The summed E-state index contributed by atoms with van der Waals surface area (Å²) >= 11 is 0. The molecular formula is C10H12ClNO4S2. The van der Waals surface area contributed by atoms with Gasteiger partial charge in [0.05, 0.1) is 11.2 Å². The van der Waals surface area contributed by atoms with E-state index in [1.807, 2.05) is 0 Å². The van der Waals surface area contributed by atoms with Crippen molar-refractivity contribution in [3.63, 3.8) is 0 Å². The molecule has 0 aliphatic heterocycles. The summed E-state index contributed by atoms with van der Waals surface area (Å²) in [6.45, 7) is 0.